The summed E-state index contributed by atoms with van der Waals surface area (Å²) in [6, 6.07) is 15.1. The van der Waals surface area contributed by atoms with Crippen LogP contribution in [-0.2, 0) is 4.79 Å². The van der Waals surface area contributed by atoms with Gasteiger partial charge in [0.25, 0.3) is 0 Å². The lowest BCUT2D eigenvalue weighted by atomic mass is 9.32. The lowest BCUT2D eigenvalue weighted by molar-refractivity contribution is -0.240. The fourth-order valence-electron chi connectivity index (χ4n) is 13.3. The zero-order valence-electron chi connectivity index (χ0n) is 28.0. The van der Waals surface area contributed by atoms with Gasteiger partial charge in [0.2, 0.25) is 0 Å². The number of rotatable bonds is 3. The number of fused-ring (bicyclic) bond motifs is 8. The van der Waals surface area contributed by atoms with Crippen molar-refractivity contribution in [1.29, 1.82) is 0 Å². The SMILES string of the molecule is C=C(C)[C@@H]1CC[C@]2(C(=O)O)CC[C@]3(C)[C@H](CC[C@@H]4[C@@]5(C)C/C(=C\c6cccc7ccccc67)[C@H](O)C(C)(C)[C@@H]5CC[C@]43C)[C@@H]12. The monoisotopic (exact) mass is 594 g/mol. The highest BCUT2D eigenvalue weighted by Gasteiger charge is 2.72. The fourth-order valence-corrected chi connectivity index (χ4v) is 13.3. The van der Waals surface area contributed by atoms with Crippen LogP contribution in [0.1, 0.15) is 105 Å². The van der Waals surface area contributed by atoms with E-state index in [0.717, 1.165) is 51.4 Å². The average molecular weight is 595 g/mol. The van der Waals surface area contributed by atoms with Crippen molar-refractivity contribution >= 4 is 22.8 Å². The molecule has 5 saturated carbocycles. The van der Waals surface area contributed by atoms with Crippen LogP contribution >= 0.6 is 0 Å². The van der Waals surface area contributed by atoms with Crippen LogP contribution in [0.25, 0.3) is 16.8 Å². The molecule has 3 nitrogen and oxygen atoms in total. The van der Waals surface area contributed by atoms with Gasteiger partial charge in [-0.25, -0.2) is 0 Å². The Morgan fingerprint density at radius 2 is 1.59 bits per heavy atom. The molecule has 0 amide bonds. The number of carboxylic acid groups (broad SMARTS) is 1. The second-order valence-corrected chi connectivity index (χ2v) is 17.3. The van der Waals surface area contributed by atoms with Crippen molar-refractivity contribution in [1.82, 2.24) is 0 Å². The molecule has 0 aliphatic heterocycles. The molecule has 0 radical (unpaired) electrons. The average Bonchev–Trinajstić information content (AvgIpc) is 3.38. The number of carbonyl (C=O) groups is 1. The Morgan fingerprint density at radius 1 is 0.864 bits per heavy atom. The van der Waals surface area contributed by atoms with E-state index < -0.39 is 17.5 Å². The summed E-state index contributed by atoms with van der Waals surface area (Å²) in [7, 11) is 0. The molecule has 7 rings (SSSR count). The maximum atomic E-state index is 13.0. The molecule has 0 aromatic heterocycles. The van der Waals surface area contributed by atoms with Crippen LogP contribution in [0.2, 0.25) is 0 Å². The lowest BCUT2D eigenvalue weighted by Gasteiger charge is -2.72. The Hall–Kier alpha value is -2.39. The van der Waals surface area contributed by atoms with E-state index in [1.807, 2.05) is 0 Å². The third-order valence-corrected chi connectivity index (χ3v) is 15.5. The minimum absolute atomic E-state index is 0.0743. The van der Waals surface area contributed by atoms with Crippen molar-refractivity contribution < 1.29 is 15.0 Å². The summed E-state index contributed by atoms with van der Waals surface area (Å²) in [6.07, 6.45) is 11.0. The smallest absolute Gasteiger partial charge is 0.309 e. The van der Waals surface area contributed by atoms with Crippen LogP contribution < -0.4 is 0 Å². The van der Waals surface area contributed by atoms with Gasteiger partial charge in [0.15, 0.2) is 0 Å². The van der Waals surface area contributed by atoms with Gasteiger partial charge in [-0.1, -0.05) is 95.3 Å². The Balaban J connectivity index is 1.30. The van der Waals surface area contributed by atoms with Crippen LogP contribution in [-0.4, -0.2) is 22.3 Å². The maximum Gasteiger partial charge on any atom is 0.309 e. The zero-order chi connectivity index (χ0) is 31.4. The molecular formula is C41H54O3. The van der Waals surface area contributed by atoms with Gasteiger partial charge >= 0.3 is 5.97 Å². The summed E-state index contributed by atoms with van der Waals surface area (Å²) < 4.78 is 0. The van der Waals surface area contributed by atoms with Crippen LogP contribution in [0.4, 0.5) is 0 Å². The number of carboxylic acids is 1. The van der Waals surface area contributed by atoms with Gasteiger partial charge < -0.3 is 10.2 Å². The summed E-state index contributed by atoms with van der Waals surface area (Å²) >= 11 is 0. The minimum Gasteiger partial charge on any atom is -0.481 e. The van der Waals surface area contributed by atoms with Crippen LogP contribution in [0, 0.1) is 56.7 Å². The normalized spacial score (nSPS) is 45.2. The van der Waals surface area contributed by atoms with E-state index >= 15 is 0 Å². The molecule has 5 aliphatic rings. The van der Waals surface area contributed by atoms with Crippen LogP contribution in [0.3, 0.4) is 0 Å². The standard InChI is InChI=1S/C41H54O3/c1-25(2)29-17-20-41(36(43)44)22-21-39(6)31(34(29)41)15-16-33-38(5)24-28(23-27-13-10-12-26-11-8-9-14-30(26)27)35(42)37(3,4)32(38)18-19-40(33,39)7/h8-14,23,29,31-35,42H,1,15-22,24H2,2-7H3,(H,43,44)/b28-23+/t29-,31+,32-,33+,34+,35-,38-,39+,40+,41-/m0/s1. The molecule has 2 aromatic rings. The first-order valence-corrected chi connectivity index (χ1v) is 17.5. The predicted octanol–water partition coefficient (Wildman–Crippen LogP) is 9.94. The van der Waals surface area contributed by atoms with Gasteiger partial charge in [0.05, 0.1) is 11.5 Å². The van der Waals surface area contributed by atoms with Crippen molar-refractivity contribution in [2.45, 2.75) is 105 Å². The summed E-state index contributed by atoms with van der Waals surface area (Å²) in [4.78, 5) is 13.0. The van der Waals surface area contributed by atoms with E-state index in [1.165, 1.54) is 33.9 Å². The van der Waals surface area contributed by atoms with E-state index in [0.29, 0.717) is 23.7 Å². The summed E-state index contributed by atoms with van der Waals surface area (Å²) in [5, 5.41) is 25.2. The Bertz CT molecular complexity index is 1540. The number of aliphatic hydroxyl groups is 1. The van der Waals surface area contributed by atoms with Gasteiger partial charge in [0.1, 0.15) is 0 Å². The highest BCUT2D eigenvalue weighted by Crippen LogP contribution is 2.77. The van der Waals surface area contributed by atoms with Crippen molar-refractivity contribution in [3.8, 4) is 0 Å². The summed E-state index contributed by atoms with van der Waals surface area (Å²) in [6.45, 7) is 19.0. The molecule has 44 heavy (non-hydrogen) atoms. The second kappa shape index (κ2) is 9.81. The molecule has 2 aromatic carbocycles. The molecular weight excluding hydrogens is 540 g/mol. The third kappa shape index (κ3) is 3.80. The quantitative estimate of drug-likeness (QED) is 0.348. The van der Waals surface area contributed by atoms with Crippen molar-refractivity contribution in [2.24, 2.45) is 56.7 Å². The molecule has 3 heteroatoms. The van der Waals surface area contributed by atoms with Crippen LogP contribution in [0.5, 0.6) is 0 Å². The molecule has 5 fully saturated rings. The van der Waals surface area contributed by atoms with Crippen LogP contribution in [0.15, 0.2) is 60.2 Å². The minimum atomic E-state index is -0.580. The van der Waals surface area contributed by atoms with E-state index in [4.69, 9.17) is 0 Å². The molecule has 5 aliphatic carbocycles. The van der Waals surface area contributed by atoms with E-state index in [2.05, 4.69) is 96.7 Å². The first-order valence-electron chi connectivity index (χ1n) is 17.5. The molecule has 236 valence electrons. The number of hydrogen-bond donors (Lipinski definition) is 2. The predicted molar refractivity (Wildman–Crippen MR) is 180 cm³/mol. The molecule has 0 saturated heterocycles. The molecule has 0 bridgehead atoms. The van der Waals surface area contributed by atoms with E-state index in [-0.39, 0.29) is 27.6 Å². The van der Waals surface area contributed by atoms with E-state index in [1.54, 1.807) is 0 Å². The lowest BCUT2D eigenvalue weighted by Crippen LogP contribution is -2.67. The second-order valence-electron chi connectivity index (χ2n) is 17.3. The highest BCUT2D eigenvalue weighted by molar-refractivity contribution is 5.91. The Labute approximate surface area is 265 Å². The topological polar surface area (TPSA) is 57.5 Å². The maximum absolute atomic E-state index is 13.0. The van der Waals surface area contributed by atoms with E-state index in [9.17, 15) is 15.0 Å². The molecule has 0 unspecified atom stereocenters. The summed E-state index contributed by atoms with van der Waals surface area (Å²) in [5.74, 6) is 1.38. The number of allylic oxidation sites excluding steroid dienone is 1. The zero-order valence-corrected chi connectivity index (χ0v) is 28.0. The Kier molecular flexibility index (Phi) is 6.75. The van der Waals surface area contributed by atoms with Crippen molar-refractivity contribution in [3.63, 3.8) is 0 Å². The molecule has 0 spiro atoms. The molecule has 10 atom stereocenters. The van der Waals surface area contributed by atoms with Gasteiger partial charge in [-0.2, -0.15) is 0 Å². The number of aliphatic hydroxyl groups excluding tert-OH is 1. The third-order valence-electron chi connectivity index (χ3n) is 15.5. The van der Waals surface area contributed by atoms with Gasteiger partial charge in [-0.15, -0.1) is 0 Å². The molecule has 0 heterocycles. The van der Waals surface area contributed by atoms with Gasteiger partial charge in [0, 0.05) is 0 Å². The Morgan fingerprint density at radius 3 is 2.32 bits per heavy atom. The first-order chi connectivity index (χ1) is 20.7. The largest absolute Gasteiger partial charge is 0.481 e. The van der Waals surface area contributed by atoms with Crippen molar-refractivity contribution in [2.75, 3.05) is 0 Å². The number of aliphatic carboxylic acids is 1. The number of benzene rings is 2. The van der Waals surface area contributed by atoms with Gasteiger partial charge in [-0.3, -0.25) is 4.79 Å². The highest BCUT2D eigenvalue weighted by atomic mass is 16.4. The van der Waals surface area contributed by atoms with Crippen molar-refractivity contribution in [3.05, 3.63) is 65.8 Å². The van der Waals surface area contributed by atoms with Gasteiger partial charge in [-0.05, 0) is 138 Å². The fraction of sp³-hybridized carbons (Fsp3) is 0.634. The summed E-state index contributed by atoms with van der Waals surface area (Å²) in [5.41, 5.74) is 3.10. The molecule has 2 N–H and O–H groups in total. The first kappa shape index (κ1) is 30.3. The number of hydrogen-bond acceptors (Lipinski definition) is 2.